The minimum Gasteiger partial charge on any atom is -0.324 e. The van der Waals surface area contributed by atoms with Crippen LogP contribution in [-0.2, 0) is 12.6 Å². The SMILES string of the molecule is Cc1cc(C)cc(C(N)Cc2ccc(C(F)(F)F)cc2)c1. The lowest BCUT2D eigenvalue weighted by atomic mass is 9.96. The summed E-state index contributed by atoms with van der Waals surface area (Å²) in [7, 11) is 0. The van der Waals surface area contributed by atoms with Gasteiger partial charge in [0.15, 0.2) is 0 Å². The van der Waals surface area contributed by atoms with Gasteiger partial charge >= 0.3 is 6.18 Å². The smallest absolute Gasteiger partial charge is 0.324 e. The van der Waals surface area contributed by atoms with E-state index in [1.807, 2.05) is 26.0 Å². The number of aryl methyl sites for hydroxylation is 2. The van der Waals surface area contributed by atoms with E-state index in [1.54, 1.807) is 0 Å². The Hall–Kier alpha value is -1.81. The summed E-state index contributed by atoms with van der Waals surface area (Å²) in [5.74, 6) is 0. The molecular formula is C17H18F3N. The van der Waals surface area contributed by atoms with Gasteiger partial charge in [-0.05, 0) is 43.5 Å². The van der Waals surface area contributed by atoms with Gasteiger partial charge in [0.05, 0.1) is 5.56 Å². The lowest BCUT2D eigenvalue weighted by molar-refractivity contribution is -0.137. The summed E-state index contributed by atoms with van der Waals surface area (Å²) in [6.07, 6.45) is -3.78. The topological polar surface area (TPSA) is 26.0 Å². The maximum atomic E-state index is 12.5. The second-order valence-electron chi connectivity index (χ2n) is 5.43. The van der Waals surface area contributed by atoms with Gasteiger partial charge in [-0.2, -0.15) is 13.2 Å². The van der Waals surface area contributed by atoms with E-state index in [4.69, 9.17) is 5.73 Å². The zero-order valence-corrected chi connectivity index (χ0v) is 12.0. The van der Waals surface area contributed by atoms with Crippen molar-refractivity contribution in [3.05, 3.63) is 70.3 Å². The molecule has 0 spiro atoms. The van der Waals surface area contributed by atoms with Crippen LogP contribution in [0.1, 0.15) is 33.9 Å². The largest absolute Gasteiger partial charge is 0.416 e. The molecule has 2 rings (SSSR count). The summed E-state index contributed by atoms with van der Waals surface area (Å²) in [5, 5.41) is 0. The third-order valence-electron chi connectivity index (χ3n) is 3.41. The zero-order chi connectivity index (χ0) is 15.6. The van der Waals surface area contributed by atoms with E-state index in [-0.39, 0.29) is 6.04 Å². The van der Waals surface area contributed by atoms with Crippen LogP contribution in [0, 0.1) is 13.8 Å². The molecule has 0 bridgehead atoms. The highest BCUT2D eigenvalue weighted by molar-refractivity contribution is 5.32. The summed E-state index contributed by atoms with van der Waals surface area (Å²) in [5.41, 5.74) is 9.61. The summed E-state index contributed by atoms with van der Waals surface area (Å²) in [6.45, 7) is 4.00. The third-order valence-corrected chi connectivity index (χ3v) is 3.41. The molecule has 21 heavy (non-hydrogen) atoms. The molecule has 2 aromatic rings. The molecule has 2 aromatic carbocycles. The van der Waals surface area contributed by atoms with Gasteiger partial charge < -0.3 is 5.73 Å². The Morgan fingerprint density at radius 3 is 1.95 bits per heavy atom. The molecule has 0 aliphatic carbocycles. The van der Waals surface area contributed by atoms with E-state index in [0.717, 1.165) is 34.4 Å². The Kier molecular flexibility index (Phi) is 4.37. The van der Waals surface area contributed by atoms with Gasteiger partial charge in [0.2, 0.25) is 0 Å². The van der Waals surface area contributed by atoms with E-state index in [0.29, 0.717) is 6.42 Å². The fourth-order valence-electron chi connectivity index (χ4n) is 2.43. The highest BCUT2D eigenvalue weighted by atomic mass is 19.4. The fraction of sp³-hybridized carbons (Fsp3) is 0.294. The van der Waals surface area contributed by atoms with Gasteiger partial charge in [0.1, 0.15) is 0 Å². The number of hydrogen-bond acceptors (Lipinski definition) is 1. The predicted octanol–water partition coefficient (Wildman–Crippen LogP) is 4.56. The molecule has 112 valence electrons. The molecule has 0 aromatic heterocycles. The van der Waals surface area contributed by atoms with Crippen LogP contribution in [0.15, 0.2) is 42.5 Å². The molecule has 1 nitrogen and oxygen atoms in total. The van der Waals surface area contributed by atoms with Crippen LogP contribution in [-0.4, -0.2) is 0 Å². The Balaban J connectivity index is 2.14. The molecule has 0 heterocycles. The van der Waals surface area contributed by atoms with Crippen LogP contribution in [0.3, 0.4) is 0 Å². The molecule has 0 aliphatic heterocycles. The van der Waals surface area contributed by atoms with E-state index in [9.17, 15) is 13.2 Å². The Bertz CT molecular complexity index is 595. The molecule has 0 saturated heterocycles. The molecule has 1 atom stereocenters. The Labute approximate surface area is 122 Å². The second kappa shape index (κ2) is 5.90. The van der Waals surface area contributed by atoms with Gasteiger partial charge in [-0.15, -0.1) is 0 Å². The van der Waals surface area contributed by atoms with Crippen LogP contribution >= 0.6 is 0 Å². The first-order valence-electron chi connectivity index (χ1n) is 6.75. The Morgan fingerprint density at radius 2 is 1.48 bits per heavy atom. The lowest BCUT2D eigenvalue weighted by Crippen LogP contribution is -2.14. The fourth-order valence-corrected chi connectivity index (χ4v) is 2.43. The average molecular weight is 293 g/mol. The van der Waals surface area contributed by atoms with Crippen molar-refractivity contribution in [2.24, 2.45) is 5.73 Å². The van der Waals surface area contributed by atoms with Crippen molar-refractivity contribution >= 4 is 0 Å². The molecule has 0 fully saturated rings. The minimum atomic E-state index is -4.30. The number of hydrogen-bond donors (Lipinski definition) is 1. The quantitative estimate of drug-likeness (QED) is 0.881. The predicted molar refractivity (Wildman–Crippen MR) is 78.0 cm³/mol. The number of halogens is 3. The first-order chi connectivity index (χ1) is 9.75. The van der Waals surface area contributed by atoms with E-state index < -0.39 is 11.7 Å². The van der Waals surface area contributed by atoms with Gasteiger partial charge in [0.25, 0.3) is 0 Å². The van der Waals surface area contributed by atoms with Crippen molar-refractivity contribution in [1.29, 1.82) is 0 Å². The molecule has 4 heteroatoms. The standard InChI is InChI=1S/C17H18F3N/c1-11-7-12(2)9-14(8-11)16(21)10-13-3-5-15(6-4-13)17(18,19)20/h3-9,16H,10,21H2,1-2H3. The molecule has 2 N–H and O–H groups in total. The molecule has 1 unspecified atom stereocenters. The maximum Gasteiger partial charge on any atom is 0.416 e. The summed E-state index contributed by atoms with van der Waals surface area (Å²) in [4.78, 5) is 0. The van der Waals surface area contributed by atoms with Crippen LogP contribution < -0.4 is 5.73 Å². The minimum absolute atomic E-state index is 0.222. The summed E-state index contributed by atoms with van der Waals surface area (Å²) < 4.78 is 37.5. The average Bonchev–Trinajstić information content (AvgIpc) is 2.37. The first kappa shape index (κ1) is 15.6. The van der Waals surface area contributed by atoms with Crippen molar-refractivity contribution < 1.29 is 13.2 Å². The number of nitrogens with two attached hydrogens (primary N) is 1. The zero-order valence-electron chi connectivity index (χ0n) is 12.0. The lowest BCUT2D eigenvalue weighted by Gasteiger charge is -2.14. The number of alkyl halides is 3. The van der Waals surface area contributed by atoms with Gasteiger partial charge in [0, 0.05) is 6.04 Å². The maximum absolute atomic E-state index is 12.5. The normalized spacial score (nSPS) is 13.2. The van der Waals surface area contributed by atoms with Crippen molar-refractivity contribution in [3.63, 3.8) is 0 Å². The molecule has 0 aliphatic rings. The van der Waals surface area contributed by atoms with Crippen molar-refractivity contribution in [3.8, 4) is 0 Å². The van der Waals surface area contributed by atoms with Crippen molar-refractivity contribution in [2.45, 2.75) is 32.5 Å². The van der Waals surface area contributed by atoms with Crippen molar-refractivity contribution in [2.75, 3.05) is 0 Å². The number of benzene rings is 2. The highest BCUT2D eigenvalue weighted by Gasteiger charge is 2.29. The van der Waals surface area contributed by atoms with E-state index in [1.165, 1.54) is 12.1 Å². The second-order valence-corrected chi connectivity index (χ2v) is 5.43. The third kappa shape index (κ3) is 4.08. The van der Waals surface area contributed by atoms with Gasteiger partial charge in [-0.1, -0.05) is 41.5 Å². The molecule has 0 amide bonds. The summed E-state index contributed by atoms with van der Waals surface area (Å²) in [6, 6.07) is 11.1. The molecular weight excluding hydrogens is 275 g/mol. The number of rotatable bonds is 3. The van der Waals surface area contributed by atoms with E-state index in [2.05, 4.69) is 6.07 Å². The van der Waals surface area contributed by atoms with Crippen LogP contribution in [0.2, 0.25) is 0 Å². The van der Waals surface area contributed by atoms with E-state index >= 15 is 0 Å². The van der Waals surface area contributed by atoms with Crippen LogP contribution in [0.25, 0.3) is 0 Å². The van der Waals surface area contributed by atoms with Crippen LogP contribution in [0.5, 0.6) is 0 Å². The first-order valence-corrected chi connectivity index (χ1v) is 6.75. The highest BCUT2D eigenvalue weighted by Crippen LogP contribution is 2.29. The Morgan fingerprint density at radius 1 is 0.952 bits per heavy atom. The molecule has 0 radical (unpaired) electrons. The van der Waals surface area contributed by atoms with Gasteiger partial charge in [-0.3, -0.25) is 0 Å². The monoisotopic (exact) mass is 293 g/mol. The molecule has 0 saturated carbocycles. The van der Waals surface area contributed by atoms with Crippen molar-refractivity contribution in [1.82, 2.24) is 0 Å². The van der Waals surface area contributed by atoms with Gasteiger partial charge in [-0.25, -0.2) is 0 Å². The van der Waals surface area contributed by atoms with Crippen LogP contribution in [0.4, 0.5) is 13.2 Å². The summed E-state index contributed by atoms with van der Waals surface area (Å²) >= 11 is 0.